The highest BCUT2D eigenvalue weighted by molar-refractivity contribution is 6.41. The van der Waals surface area contributed by atoms with Crippen LogP contribution in [0.4, 0.5) is 5.69 Å². The third kappa shape index (κ3) is 2.72. The highest BCUT2D eigenvalue weighted by Gasteiger charge is 2.20. The van der Waals surface area contributed by atoms with Gasteiger partial charge in [-0.1, -0.05) is 44.0 Å². The highest BCUT2D eigenvalue weighted by Crippen LogP contribution is 2.38. The van der Waals surface area contributed by atoms with Gasteiger partial charge in [-0.15, -0.1) is 0 Å². The van der Waals surface area contributed by atoms with Crippen molar-refractivity contribution in [3.8, 4) is 0 Å². The molecule has 0 bridgehead atoms. The van der Waals surface area contributed by atoms with Crippen LogP contribution in [0, 0.1) is 6.92 Å². The summed E-state index contributed by atoms with van der Waals surface area (Å²) in [6.45, 7) is 11.3. The minimum absolute atomic E-state index is 0.0426. The van der Waals surface area contributed by atoms with Crippen molar-refractivity contribution in [2.24, 2.45) is 0 Å². The second kappa shape index (κ2) is 5.42. The van der Waals surface area contributed by atoms with E-state index in [2.05, 4.69) is 39.1 Å². The summed E-state index contributed by atoms with van der Waals surface area (Å²) >= 11 is 12.8. The number of halogens is 2. The van der Waals surface area contributed by atoms with E-state index in [4.69, 9.17) is 28.2 Å². The van der Waals surface area contributed by atoms with E-state index in [0.29, 0.717) is 10.0 Å². The number of hydrogen-bond acceptors (Lipinski definition) is 2. The van der Waals surface area contributed by atoms with Crippen molar-refractivity contribution in [3.63, 3.8) is 0 Å². The summed E-state index contributed by atoms with van der Waals surface area (Å²) in [4.78, 5) is 4.73. The largest absolute Gasteiger partial charge is 0.385 e. The number of fused-ring (bicyclic) bond motifs is 1. The maximum atomic E-state index is 6.47. The van der Waals surface area contributed by atoms with Crippen molar-refractivity contribution in [1.82, 2.24) is 4.98 Å². The monoisotopic (exact) mass is 310 g/mol. The zero-order chi connectivity index (χ0) is 15.1. The van der Waals surface area contributed by atoms with Crippen LogP contribution in [0.1, 0.15) is 39.0 Å². The van der Waals surface area contributed by atoms with E-state index in [1.165, 1.54) is 0 Å². The van der Waals surface area contributed by atoms with Crippen molar-refractivity contribution < 1.29 is 0 Å². The number of anilines is 1. The predicted octanol–water partition coefficient (Wildman–Crippen LogP) is 5.58. The van der Waals surface area contributed by atoms with Gasteiger partial charge in [0.15, 0.2) is 0 Å². The first kappa shape index (κ1) is 15.4. The lowest BCUT2D eigenvalue weighted by atomic mass is 9.90. The molecule has 0 amide bonds. The first-order chi connectivity index (χ1) is 9.25. The Balaban J connectivity index is 2.89. The Kier molecular flexibility index (Phi) is 4.17. The number of pyridine rings is 1. The smallest absolute Gasteiger partial charge is 0.0927 e. The molecule has 4 heteroatoms. The third-order valence-electron chi connectivity index (χ3n) is 3.29. The molecular weight excluding hydrogens is 291 g/mol. The van der Waals surface area contributed by atoms with Crippen LogP contribution >= 0.6 is 23.2 Å². The quantitative estimate of drug-likeness (QED) is 0.783. The minimum Gasteiger partial charge on any atom is -0.385 e. The third-order valence-corrected chi connectivity index (χ3v) is 4.07. The van der Waals surface area contributed by atoms with Crippen molar-refractivity contribution in [2.75, 3.05) is 11.9 Å². The summed E-state index contributed by atoms with van der Waals surface area (Å²) < 4.78 is 0. The Morgan fingerprint density at radius 2 is 1.85 bits per heavy atom. The highest BCUT2D eigenvalue weighted by atomic mass is 35.5. The number of hydrogen-bond donors (Lipinski definition) is 1. The summed E-state index contributed by atoms with van der Waals surface area (Å²) in [6.07, 6.45) is 0. The lowest BCUT2D eigenvalue weighted by Crippen LogP contribution is -2.14. The molecule has 108 valence electrons. The Labute approximate surface area is 130 Å². The summed E-state index contributed by atoms with van der Waals surface area (Å²) in [5, 5.41) is 5.65. The molecule has 0 saturated carbocycles. The minimum atomic E-state index is -0.0426. The van der Waals surface area contributed by atoms with Crippen LogP contribution in [0.5, 0.6) is 0 Å². The lowest BCUT2D eigenvalue weighted by Gasteiger charge is -2.21. The molecule has 0 aliphatic rings. The van der Waals surface area contributed by atoms with Crippen LogP contribution in [0.25, 0.3) is 10.9 Å². The molecule has 2 aromatic rings. The van der Waals surface area contributed by atoms with Crippen LogP contribution in [-0.2, 0) is 5.41 Å². The van der Waals surface area contributed by atoms with Gasteiger partial charge >= 0.3 is 0 Å². The summed E-state index contributed by atoms with van der Waals surface area (Å²) in [6, 6.07) is 3.95. The molecule has 0 aliphatic heterocycles. The molecule has 1 aromatic carbocycles. The van der Waals surface area contributed by atoms with Gasteiger partial charge in [0.1, 0.15) is 0 Å². The van der Waals surface area contributed by atoms with Gasteiger partial charge in [0.05, 0.1) is 15.6 Å². The molecule has 20 heavy (non-hydrogen) atoms. The molecule has 0 fully saturated rings. The molecule has 0 unspecified atom stereocenters. The van der Waals surface area contributed by atoms with E-state index < -0.39 is 0 Å². The zero-order valence-electron chi connectivity index (χ0n) is 12.6. The molecule has 2 nitrogen and oxygen atoms in total. The summed E-state index contributed by atoms with van der Waals surface area (Å²) in [5.41, 5.74) is 3.69. The van der Waals surface area contributed by atoms with E-state index in [0.717, 1.165) is 34.4 Å². The number of nitrogens with zero attached hydrogens (tertiary/aromatic N) is 1. The zero-order valence-corrected chi connectivity index (χ0v) is 14.1. The van der Waals surface area contributed by atoms with Crippen LogP contribution in [0.2, 0.25) is 10.0 Å². The summed E-state index contributed by atoms with van der Waals surface area (Å²) in [5.74, 6) is 0. The van der Waals surface area contributed by atoms with Crippen LogP contribution in [-0.4, -0.2) is 11.5 Å². The van der Waals surface area contributed by atoms with Crippen molar-refractivity contribution in [1.29, 1.82) is 0 Å². The number of aromatic nitrogens is 1. The normalized spacial score (nSPS) is 11.9. The molecule has 1 aromatic heterocycles. The van der Waals surface area contributed by atoms with Crippen molar-refractivity contribution >= 4 is 39.8 Å². The van der Waals surface area contributed by atoms with Crippen LogP contribution < -0.4 is 5.32 Å². The lowest BCUT2D eigenvalue weighted by molar-refractivity contribution is 0.572. The molecule has 1 N–H and O–H groups in total. The standard InChI is InChI=1S/C16H20Cl2N2/c1-6-19-11-8-12(16(3,4)5)20-15-10(17)7-9(2)14(18)13(11)15/h7-8H,6H2,1-5H3,(H,19,20). The van der Waals surface area contributed by atoms with Gasteiger partial charge in [0.2, 0.25) is 0 Å². The van der Waals surface area contributed by atoms with E-state index in [-0.39, 0.29) is 5.41 Å². The van der Waals surface area contributed by atoms with Gasteiger partial charge in [-0.05, 0) is 31.5 Å². The average Bonchev–Trinajstić information content (AvgIpc) is 2.34. The molecule has 0 radical (unpaired) electrons. The van der Waals surface area contributed by atoms with Gasteiger partial charge in [-0.25, -0.2) is 0 Å². The topological polar surface area (TPSA) is 24.9 Å². The second-order valence-electron chi connectivity index (χ2n) is 6.05. The fourth-order valence-electron chi connectivity index (χ4n) is 2.17. The predicted molar refractivity (Wildman–Crippen MR) is 89.4 cm³/mol. The van der Waals surface area contributed by atoms with Crippen molar-refractivity contribution in [3.05, 3.63) is 33.4 Å². The Morgan fingerprint density at radius 3 is 2.40 bits per heavy atom. The average molecular weight is 311 g/mol. The number of rotatable bonds is 2. The second-order valence-corrected chi connectivity index (χ2v) is 6.83. The molecule has 0 spiro atoms. The first-order valence-corrected chi connectivity index (χ1v) is 7.55. The van der Waals surface area contributed by atoms with Gasteiger partial charge in [-0.3, -0.25) is 4.98 Å². The summed E-state index contributed by atoms with van der Waals surface area (Å²) in [7, 11) is 0. The van der Waals surface area contributed by atoms with E-state index in [9.17, 15) is 0 Å². The Morgan fingerprint density at radius 1 is 1.20 bits per heavy atom. The van der Waals surface area contributed by atoms with Crippen LogP contribution in [0.15, 0.2) is 12.1 Å². The molecule has 2 rings (SSSR count). The van der Waals surface area contributed by atoms with E-state index in [1.807, 2.05) is 13.0 Å². The van der Waals surface area contributed by atoms with Crippen molar-refractivity contribution in [2.45, 2.75) is 40.0 Å². The van der Waals surface area contributed by atoms with Gasteiger partial charge in [-0.2, -0.15) is 0 Å². The fraction of sp³-hybridized carbons (Fsp3) is 0.438. The number of nitrogens with one attached hydrogen (secondary N) is 1. The Bertz CT molecular complexity index is 658. The van der Waals surface area contributed by atoms with Gasteiger partial charge in [0.25, 0.3) is 0 Å². The van der Waals surface area contributed by atoms with Gasteiger partial charge in [0, 0.05) is 28.7 Å². The molecule has 0 saturated heterocycles. The fourth-order valence-corrected chi connectivity index (χ4v) is 2.72. The SMILES string of the molecule is CCNc1cc(C(C)(C)C)nc2c(Cl)cc(C)c(Cl)c12. The number of benzene rings is 1. The maximum Gasteiger partial charge on any atom is 0.0927 e. The molecule has 0 aliphatic carbocycles. The van der Waals surface area contributed by atoms with Crippen LogP contribution in [0.3, 0.4) is 0 Å². The van der Waals surface area contributed by atoms with Gasteiger partial charge < -0.3 is 5.32 Å². The van der Waals surface area contributed by atoms with E-state index >= 15 is 0 Å². The maximum absolute atomic E-state index is 6.47. The molecule has 0 atom stereocenters. The molecular formula is C16H20Cl2N2. The molecule has 1 heterocycles. The number of aryl methyl sites for hydroxylation is 1. The Hall–Kier alpha value is -0.990. The van der Waals surface area contributed by atoms with E-state index in [1.54, 1.807) is 0 Å². The first-order valence-electron chi connectivity index (χ1n) is 6.79.